The fourth-order valence-corrected chi connectivity index (χ4v) is 3.80. The summed E-state index contributed by atoms with van der Waals surface area (Å²) in [4.78, 5) is 24.1. The first-order valence-electron chi connectivity index (χ1n) is 8.16. The summed E-state index contributed by atoms with van der Waals surface area (Å²) < 4.78 is 16.4. The first-order chi connectivity index (χ1) is 12.2. The molecular formula is C20H14O5. The number of hydrogen-bond acceptors (Lipinski definition) is 5. The molecule has 1 saturated heterocycles. The van der Waals surface area contributed by atoms with Crippen molar-refractivity contribution < 1.29 is 23.8 Å². The van der Waals surface area contributed by atoms with Gasteiger partial charge in [0, 0.05) is 11.5 Å². The van der Waals surface area contributed by atoms with Crippen LogP contribution in [0, 0.1) is 5.92 Å². The van der Waals surface area contributed by atoms with E-state index >= 15 is 0 Å². The van der Waals surface area contributed by atoms with Gasteiger partial charge in [-0.25, -0.2) is 9.59 Å². The molecule has 2 aromatic carbocycles. The molecule has 2 aliphatic heterocycles. The van der Waals surface area contributed by atoms with Crippen LogP contribution in [-0.2, 0) is 25.4 Å². The molecule has 5 rings (SSSR count). The van der Waals surface area contributed by atoms with E-state index in [1.165, 1.54) is 11.8 Å². The number of fused-ring (bicyclic) bond motifs is 4. The number of rotatable bonds is 2. The number of ether oxygens (including phenoxy) is 3. The molecule has 5 nitrogen and oxygen atoms in total. The maximum atomic E-state index is 12.2. The van der Waals surface area contributed by atoms with E-state index in [4.69, 9.17) is 14.2 Å². The van der Waals surface area contributed by atoms with Crippen molar-refractivity contribution in [2.75, 3.05) is 0 Å². The van der Waals surface area contributed by atoms with Crippen LogP contribution >= 0.6 is 0 Å². The summed E-state index contributed by atoms with van der Waals surface area (Å²) in [5, 5.41) is 0. The van der Waals surface area contributed by atoms with Crippen LogP contribution in [0.5, 0.6) is 0 Å². The minimum absolute atomic E-state index is 0.0581. The van der Waals surface area contributed by atoms with E-state index in [1.54, 1.807) is 18.2 Å². The van der Waals surface area contributed by atoms with Gasteiger partial charge in [0.2, 0.25) is 0 Å². The smallest absolute Gasteiger partial charge is 0.342 e. The largest absolute Gasteiger partial charge is 0.458 e. The Labute approximate surface area is 143 Å². The van der Waals surface area contributed by atoms with Crippen molar-refractivity contribution in [2.45, 2.75) is 18.8 Å². The van der Waals surface area contributed by atoms with E-state index in [0.717, 1.165) is 12.0 Å². The molecule has 0 N–H and O–H groups in total. The van der Waals surface area contributed by atoms with E-state index < -0.39 is 12.3 Å². The van der Waals surface area contributed by atoms with Crippen molar-refractivity contribution in [3.63, 3.8) is 0 Å². The Bertz CT molecular complexity index is 929. The van der Waals surface area contributed by atoms with Gasteiger partial charge in [-0.1, -0.05) is 42.5 Å². The molecule has 3 aliphatic rings. The van der Waals surface area contributed by atoms with Gasteiger partial charge in [0.1, 0.15) is 6.10 Å². The predicted molar refractivity (Wildman–Crippen MR) is 86.2 cm³/mol. The van der Waals surface area contributed by atoms with E-state index in [9.17, 15) is 9.59 Å². The Morgan fingerprint density at radius 2 is 1.68 bits per heavy atom. The topological polar surface area (TPSA) is 61.8 Å². The average Bonchev–Trinajstić information content (AvgIpc) is 3.24. The third kappa shape index (κ3) is 2.09. The van der Waals surface area contributed by atoms with Crippen molar-refractivity contribution >= 4 is 11.9 Å². The number of carbonyl (C=O) groups excluding carboxylic acids is 2. The fourth-order valence-electron chi connectivity index (χ4n) is 3.80. The molecule has 0 aromatic heterocycles. The molecule has 0 saturated carbocycles. The quantitative estimate of drug-likeness (QED) is 0.479. The highest BCUT2D eigenvalue weighted by atomic mass is 16.7. The van der Waals surface area contributed by atoms with Crippen molar-refractivity contribution in [1.29, 1.82) is 0 Å². The second kappa shape index (κ2) is 5.21. The van der Waals surface area contributed by atoms with Crippen LogP contribution in [0.15, 0.2) is 60.4 Å². The number of cyclic esters (lactones) is 1. The molecule has 2 heterocycles. The molecule has 0 spiro atoms. The Hall–Kier alpha value is -3.08. The molecule has 2 aromatic rings. The zero-order valence-electron chi connectivity index (χ0n) is 13.2. The molecule has 0 bridgehead atoms. The van der Waals surface area contributed by atoms with Gasteiger partial charge in [0.15, 0.2) is 0 Å². The SMILES string of the molecule is O=C1O[C@H]2c3ccccc3C[C@H]2/C1=C\O[C@@H]1OC(=O)c2ccccc21. The summed E-state index contributed by atoms with van der Waals surface area (Å²) in [6, 6.07) is 15.0. The minimum Gasteiger partial charge on any atom is -0.458 e. The zero-order valence-corrected chi connectivity index (χ0v) is 13.2. The van der Waals surface area contributed by atoms with Gasteiger partial charge in [0.05, 0.1) is 17.4 Å². The van der Waals surface area contributed by atoms with E-state index in [1.807, 2.05) is 24.3 Å². The minimum atomic E-state index is -0.827. The normalized spacial score (nSPS) is 27.5. The lowest BCUT2D eigenvalue weighted by Gasteiger charge is -2.11. The lowest BCUT2D eigenvalue weighted by Crippen LogP contribution is -2.07. The molecule has 1 fully saturated rings. The van der Waals surface area contributed by atoms with Gasteiger partial charge in [-0.3, -0.25) is 0 Å². The Morgan fingerprint density at radius 3 is 2.56 bits per heavy atom. The van der Waals surface area contributed by atoms with Crippen LogP contribution < -0.4 is 0 Å². The maximum Gasteiger partial charge on any atom is 0.342 e. The van der Waals surface area contributed by atoms with Crippen molar-refractivity contribution in [3.8, 4) is 0 Å². The second-order valence-corrected chi connectivity index (χ2v) is 6.37. The first kappa shape index (κ1) is 14.3. The van der Waals surface area contributed by atoms with Crippen LogP contribution in [0.3, 0.4) is 0 Å². The van der Waals surface area contributed by atoms with Crippen LogP contribution in [-0.4, -0.2) is 11.9 Å². The highest BCUT2D eigenvalue weighted by Gasteiger charge is 2.46. The fraction of sp³-hybridized carbons (Fsp3) is 0.200. The zero-order chi connectivity index (χ0) is 17.0. The number of hydrogen-bond donors (Lipinski definition) is 0. The molecule has 25 heavy (non-hydrogen) atoms. The van der Waals surface area contributed by atoms with Crippen LogP contribution in [0.4, 0.5) is 0 Å². The van der Waals surface area contributed by atoms with Gasteiger partial charge in [-0.15, -0.1) is 0 Å². The lowest BCUT2D eigenvalue weighted by molar-refractivity contribution is -0.139. The van der Waals surface area contributed by atoms with Crippen molar-refractivity contribution in [2.24, 2.45) is 5.92 Å². The molecule has 5 heteroatoms. The standard InChI is InChI=1S/C20H14O5/c21-18-13-7-3-4-8-14(13)20(25-18)23-10-16-15-9-11-5-1-2-6-12(11)17(15)24-19(16)22/h1-8,10,15,17,20H,9H2/b16-10+/t15-,17-,20+/m0/s1. The molecule has 0 radical (unpaired) electrons. The molecule has 0 amide bonds. The van der Waals surface area contributed by atoms with Gasteiger partial charge < -0.3 is 14.2 Å². The van der Waals surface area contributed by atoms with Crippen LogP contribution in [0.25, 0.3) is 0 Å². The van der Waals surface area contributed by atoms with Crippen LogP contribution in [0.1, 0.15) is 39.4 Å². The number of esters is 2. The summed E-state index contributed by atoms with van der Waals surface area (Å²) in [7, 11) is 0. The molecule has 1 aliphatic carbocycles. The van der Waals surface area contributed by atoms with Gasteiger partial charge in [-0.05, 0) is 23.6 Å². The first-order valence-corrected chi connectivity index (χ1v) is 8.16. The highest BCUT2D eigenvalue weighted by molar-refractivity contribution is 5.94. The molecule has 3 atom stereocenters. The number of carbonyl (C=O) groups is 2. The molecule has 0 unspecified atom stereocenters. The Balaban J connectivity index is 1.42. The third-order valence-corrected chi connectivity index (χ3v) is 5.00. The highest BCUT2D eigenvalue weighted by Crippen LogP contribution is 2.48. The Morgan fingerprint density at radius 1 is 0.920 bits per heavy atom. The summed E-state index contributed by atoms with van der Waals surface area (Å²) in [6.45, 7) is 0. The van der Waals surface area contributed by atoms with E-state index in [-0.39, 0.29) is 18.0 Å². The second-order valence-electron chi connectivity index (χ2n) is 6.37. The van der Waals surface area contributed by atoms with E-state index in [0.29, 0.717) is 16.7 Å². The average molecular weight is 334 g/mol. The summed E-state index contributed by atoms with van der Waals surface area (Å²) in [6.07, 6.45) is 1.06. The predicted octanol–water partition coefficient (Wildman–Crippen LogP) is 3.23. The summed E-state index contributed by atoms with van der Waals surface area (Å²) in [5.41, 5.74) is 3.89. The Kier molecular flexibility index (Phi) is 2.98. The van der Waals surface area contributed by atoms with E-state index in [2.05, 4.69) is 6.07 Å². The number of benzene rings is 2. The maximum absolute atomic E-state index is 12.2. The third-order valence-electron chi connectivity index (χ3n) is 5.00. The van der Waals surface area contributed by atoms with Crippen molar-refractivity contribution in [1.82, 2.24) is 0 Å². The lowest BCUT2D eigenvalue weighted by atomic mass is 9.98. The van der Waals surface area contributed by atoms with Crippen LogP contribution in [0.2, 0.25) is 0 Å². The summed E-state index contributed by atoms with van der Waals surface area (Å²) >= 11 is 0. The molecule has 124 valence electrons. The monoisotopic (exact) mass is 334 g/mol. The van der Waals surface area contributed by atoms with Crippen molar-refractivity contribution in [3.05, 3.63) is 82.6 Å². The molecular weight excluding hydrogens is 320 g/mol. The van der Waals surface area contributed by atoms with Gasteiger partial charge >= 0.3 is 11.9 Å². The van der Waals surface area contributed by atoms with Gasteiger partial charge in [-0.2, -0.15) is 0 Å². The summed E-state index contributed by atoms with van der Waals surface area (Å²) in [5.74, 6) is -0.849. The van der Waals surface area contributed by atoms with Gasteiger partial charge in [0.25, 0.3) is 6.29 Å².